The lowest BCUT2D eigenvalue weighted by Gasteiger charge is -2.18. The molecule has 0 saturated carbocycles. The van der Waals surface area contributed by atoms with Gasteiger partial charge in [0.05, 0.1) is 33.4 Å². The van der Waals surface area contributed by atoms with Crippen LogP contribution in [0.1, 0.15) is 68.3 Å². The number of fused-ring (bicyclic) bond motifs is 1. The molecule has 230 valence electrons. The van der Waals surface area contributed by atoms with Gasteiger partial charge in [-0.3, -0.25) is 14.6 Å². The van der Waals surface area contributed by atoms with Gasteiger partial charge in [-0.15, -0.1) is 21.5 Å². The first-order chi connectivity index (χ1) is 21.6. The topological polar surface area (TPSA) is 110 Å². The Morgan fingerprint density at radius 3 is 2.40 bits per heavy atom. The van der Waals surface area contributed by atoms with Crippen molar-refractivity contribution in [3.8, 4) is 21.9 Å². The third-order valence-corrected chi connectivity index (χ3v) is 8.69. The summed E-state index contributed by atoms with van der Waals surface area (Å²) in [6.45, 7) is 5.65. The van der Waals surface area contributed by atoms with E-state index in [1.165, 1.54) is 29.5 Å². The predicted octanol–water partition coefficient (Wildman–Crippen LogP) is 6.74. The quantitative estimate of drug-likeness (QED) is 0.187. The van der Waals surface area contributed by atoms with Crippen LogP contribution in [0.4, 0.5) is 13.2 Å². The Balaban J connectivity index is 1.43. The number of benzene rings is 2. The third-order valence-electron chi connectivity index (χ3n) is 7.59. The van der Waals surface area contributed by atoms with Crippen molar-refractivity contribution in [1.82, 2.24) is 25.8 Å². The molecule has 0 aliphatic carbocycles. The van der Waals surface area contributed by atoms with Crippen LogP contribution in [-0.2, 0) is 19.4 Å². The largest absolute Gasteiger partial charge is 0.421 e. The first-order valence-corrected chi connectivity index (χ1v) is 15.2. The van der Waals surface area contributed by atoms with Crippen LogP contribution in [0.3, 0.4) is 0 Å². The molecule has 1 aliphatic heterocycles. The number of rotatable bonds is 9. The monoisotopic (exact) mass is 631 g/mol. The van der Waals surface area contributed by atoms with Crippen LogP contribution in [0.5, 0.6) is 0 Å². The maximum absolute atomic E-state index is 13.7. The van der Waals surface area contributed by atoms with Crippen molar-refractivity contribution in [2.45, 2.75) is 46.2 Å². The number of aryl methyl sites for hydroxylation is 3. The second-order valence-corrected chi connectivity index (χ2v) is 12.2. The summed E-state index contributed by atoms with van der Waals surface area (Å²) in [5, 5.41) is 14.1. The number of halogens is 3. The predicted molar refractivity (Wildman–Crippen MR) is 162 cm³/mol. The fraction of sp³-hybridized carbons (Fsp3) is 0.242. The fourth-order valence-corrected chi connectivity index (χ4v) is 6.34. The maximum Gasteiger partial charge on any atom is 0.261 e. The molecule has 4 heterocycles. The van der Waals surface area contributed by atoms with Crippen LogP contribution in [0.2, 0.25) is 0 Å². The van der Waals surface area contributed by atoms with Crippen molar-refractivity contribution in [3.05, 3.63) is 111 Å². The van der Waals surface area contributed by atoms with E-state index in [1.807, 2.05) is 13.8 Å². The van der Waals surface area contributed by atoms with Gasteiger partial charge < -0.3 is 15.1 Å². The number of nitrogens with zero attached hydrogens (tertiary/aromatic N) is 3. The lowest BCUT2D eigenvalue weighted by Crippen LogP contribution is -2.23. The summed E-state index contributed by atoms with van der Waals surface area (Å²) in [7, 11) is 0. The molecule has 6 rings (SSSR count). The van der Waals surface area contributed by atoms with Gasteiger partial charge in [0.15, 0.2) is 11.6 Å². The number of carbonyl (C=O) groups excluding carboxylic acids is 2. The van der Waals surface area contributed by atoms with E-state index in [0.717, 1.165) is 17.7 Å². The average Bonchev–Trinajstić information content (AvgIpc) is 3.75. The van der Waals surface area contributed by atoms with Crippen molar-refractivity contribution in [1.29, 1.82) is 0 Å². The van der Waals surface area contributed by atoms with Crippen molar-refractivity contribution >= 4 is 23.2 Å². The molecule has 2 N–H and O–H groups in total. The zero-order valence-corrected chi connectivity index (χ0v) is 25.4. The van der Waals surface area contributed by atoms with Crippen molar-refractivity contribution < 1.29 is 27.2 Å². The van der Waals surface area contributed by atoms with Crippen LogP contribution in [-0.4, -0.2) is 27.0 Å². The Morgan fingerprint density at radius 1 is 0.956 bits per heavy atom. The maximum atomic E-state index is 13.7. The Kier molecular flexibility index (Phi) is 8.24. The highest BCUT2D eigenvalue weighted by Crippen LogP contribution is 2.45. The fourth-order valence-electron chi connectivity index (χ4n) is 5.36. The molecule has 12 heteroatoms. The lowest BCUT2D eigenvalue weighted by atomic mass is 9.92. The van der Waals surface area contributed by atoms with Crippen LogP contribution >= 0.6 is 11.3 Å². The number of hydrogen-bond donors (Lipinski definition) is 2. The van der Waals surface area contributed by atoms with Crippen LogP contribution < -0.4 is 10.6 Å². The van der Waals surface area contributed by atoms with E-state index in [2.05, 4.69) is 20.8 Å². The molecule has 0 unspecified atom stereocenters. The number of hydrogen-bond acceptors (Lipinski definition) is 7. The molecule has 0 bridgehead atoms. The van der Waals surface area contributed by atoms with Gasteiger partial charge in [0.2, 0.25) is 11.8 Å². The Labute approximate surface area is 260 Å². The molecule has 0 spiro atoms. The van der Waals surface area contributed by atoms with Gasteiger partial charge in [-0.25, -0.2) is 13.2 Å². The van der Waals surface area contributed by atoms with E-state index in [4.69, 9.17) is 9.40 Å². The molecule has 2 aromatic carbocycles. The van der Waals surface area contributed by atoms with Gasteiger partial charge in [-0.2, -0.15) is 0 Å². The number of aromatic nitrogens is 3. The molecule has 45 heavy (non-hydrogen) atoms. The van der Waals surface area contributed by atoms with E-state index in [1.54, 1.807) is 31.2 Å². The minimum absolute atomic E-state index is 0.00750. The van der Waals surface area contributed by atoms with Gasteiger partial charge >= 0.3 is 0 Å². The van der Waals surface area contributed by atoms with Crippen LogP contribution in [0.25, 0.3) is 21.9 Å². The summed E-state index contributed by atoms with van der Waals surface area (Å²) < 4.78 is 46.5. The normalized spacial score (nSPS) is 14.1. The number of thiophene rings is 1. The average molecular weight is 632 g/mol. The van der Waals surface area contributed by atoms with Gasteiger partial charge in [0, 0.05) is 23.9 Å². The molecular formula is C33H28F3N5O3S. The minimum Gasteiger partial charge on any atom is -0.421 e. The zero-order valence-electron chi connectivity index (χ0n) is 24.6. The van der Waals surface area contributed by atoms with Crippen molar-refractivity contribution in [3.63, 3.8) is 0 Å². The molecule has 8 nitrogen and oxygen atoms in total. The van der Waals surface area contributed by atoms with Crippen LogP contribution in [0.15, 0.2) is 59.0 Å². The molecule has 3 aromatic heterocycles. The second-order valence-electron chi connectivity index (χ2n) is 11.1. The van der Waals surface area contributed by atoms with Gasteiger partial charge in [0.1, 0.15) is 5.82 Å². The molecular weight excluding hydrogens is 603 g/mol. The summed E-state index contributed by atoms with van der Waals surface area (Å²) in [4.78, 5) is 32.7. The molecule has 0 fully saturated rings. The molecule has 0 saturated heterocycles. The van der Waals surface area contributed by atoms with E-state index in [9.17, 15) is 22.8 Å². The molecule has 5 aromatic rings. The highest BCUT2D eigenvalue weighted by molar-refractivity contribution is 7.17. The van der Waals surface area contributed by atoms with Crippen LogP contribution in [0, 0.1) is 30.3 Å². The van der Waals surface area contributed by atoms with Gasteiger partial charge in [-0.05, 0) is 66.3 Å². The Morgan fingerprint density at radius 2 is 1.71 bits per heavy atom. The highest BCUT2D eigenvalue weighted by Gasteiger charge is 2.38. The van der Waals surface area contributed by atoms with E-state index in [0.29, 0.717) is 62.1 Å². The third kappa shape index (κ3) is 6.10. The SMILES string of the molecule is Cc1nnc(-c2c(CCc3ccc(F)cc3)nc3c(c2-c2ccc(C(=O)NCc4ccc(F)c(F)c4)s2)C(=O)N[C@@H]3C(C)C)o1. The molecule has 1 atom stereocenters. The molecule has 1 aliphatic rings. The Bertz CT molecular complexity index is 1920. The van der Waals surface area contributed by atoms with E-state index >= 15 is 0 Å². The minimum atomic E-state index is -0.997. The Hall–Kier alpha value is -4.84. The van der Waals surface area contributed by atoms with Crippen molar-refractivity contribution in [2.75, 3.05) is 0 Å². The first-order valence-electron chi connectivity index (χ1n) is 14.3. The van der Waals surface area contributed by atoms with Gasteiger partial charge in [0.25, 0.3) is 11.8 Å². The summed E-state index contributed by atoms with van der Waals surface area (Å²) in [6, 6.07) is 12.7. The second kappa shape index (κ2) is 12.3. The number of pyridine rings is 1. The standard InChI is InChI=1S/C33H28F3N5O3S/c1-16(2)29-30-28(32(43)39-29)27(24-12-13-25(45-24)31(42)37-15-19-6-10-21(35)22(36)14-19)26(33-41-40-17(3)44-33)23(38-30)11-7-18-4-8-20(34)9-5-18/h4-6,8-10,12-14,16,29H,7,11,15H2,1-3H3,(H,37,42)(H,39,43)/t29-/m1/s1. The number of amides is 2. The summed E-state index contributed by atoms with van der Waals surface area (Å²) in [5.74, 6) is -2.46. The molecule has 0 radical (unpaired) electrons. The lowest BCUT2D eigenvalue weighted by molar-refractivity contribution is 0.0943. The summed E-state index contributed by atoms with van der Waals surface area (Å²) >= 11 is 1.17. The summed E-state index contributed by atoms with van der Waals surface area (Å²) in [6.07, 6.45) is 0.954. The zero-order chi connectivity index (χ0) is 31.8. The smallest absolute Gasteiger partial charge is 0.261 e. The van der Waals surface area contributed by atoms with E-state index in [-0.39, 0.29) is 36.1 Å². The summed E-state index contributed by atoms with van der Waals surface area (Å²) in [5.41, 5.74) is 3.92. The van der Waals surface area contributed by atoms with Crippen molar-refractivity contribution in [2.24, 2.45) is 5.92 Å². The number of nitrogens with one attached hydrogen (secondary N) is 2. The first kappa shape index (κ1) is 30.2. The number of carbonyl (C=O) groups is 2. The van der Waals surface area contributed by atoms with E-state index < -0.39 is 17.5 Å². The van der Waals surface area contributed by atoms with Gasteiger partial charge in [-0.1, -0.05) is 32.0 Å². The highest BCUT2D eigenvalue weighted by atomic mass is 32.1. The molecule has 2 amide bonds.